The molecule has 1 aromatic carbocycles. The minimum absolute atomic E-state index is 0.00474. The van der Waals surface area contributed by atoms with E-state index in [1.165, 1.54) is 5.56 Å². The van der Waals surface area contributed by atoms with E-state index in [0.29, 0.717) is 18.7 Å². The van der Waals surface area contributed by atoms with Crippen LogP contribution in [0.1, 0.15) is 24.8 Å². The first-order chi connectivity index (χ1) is 9.52. The van der Waals surface area contributed by atoms with E-state index in [9.17, 15) is 9.90 Å². The van der Waals surface area contributed by atoms with Gasteiger partial charge >= 0.3 is 0 Å². The van der Waals surface area contributed by atoms with Crippen molar-refractivity contribution in [1.29, 1.82) is 0 Å². The Labute approximate surface area is 124 Å². The Morgan fingerprint density at radius 3 is 3.05 bits per heavy atom. The zero-order valence-electron chi connectivity index (χ0n) is 12.0. The van der Waals surface area contributed by atoms with Gasteiger partial charge < -0.3 is 15.7 Å². The van der Waals surface area contributed by atoms with Crippen molar-refractivity contribution < 1.29 is 9.90 Å². The summed E-state index contributed by atoms with van der Waals surface area (Å²) in [5.74, 6) is 0.827. The van der Waals surface area contributed by atoms with Crippen molar-refractivity contribution in [3.05, 3.63) is 29.8 Å². The van der Waals surface area contributed by atoms with Crippen LogP contribution in [0.4, 0.5) is 5.69 Å². The fourth-order valence-corrected chi connectivity index (χ4v) is 3.21. The quantitative estimate of drug-likeness (QED) is 0.749. The van der Waals surface area contributed by atoms with Crippen LogP contribution in [-0.4, -0.2) is 41.7 Å². The SMILES string of the molecule is CSCC(C)(O)CNC(=O)CC1CNc2ccccc21. The first-order valence-corrected chi connectivity index (χ1v) is 8.22. The molecule has 1 aliphatic heterocycles. The number of rotatable bonds is 6. The number of hydrogen-bond donors (Lipinski definition) is 3. The Morgan fingerprint density at radius 1 is 1.55 bits per heavy atom. The smallest absolute Gasteiger partial charge is 0.220 e. The molecule has 2 unspecified atom stereocenters. The normalized spacial score (nSPS) is 19.9. The highest BCUT2D eigenvalue weighted by molar-refractivity contribution is 7.98. The zero-order valence-corrected chi connectivity index (χ0v) is 12.8. The van der Waals surface area contributed by atoms with Crippen molar-refractivity contribution in [3.63, 3.8) is 0 Å². The second kappa shape index (κ2) is 6.50. The molecular formula is C15H22N2O2S. The van der Waals surface area contributed by atoms with Gasteiger partial charge in [-0.05, 0) is 24.8 Å². The van der Waals surface area contributed by atoms with Gasteiger partial charge in [-0.25, -0.2) is 0 Å². The molecule has 2 rings (SSSR count). The minimum atomic E-state index is -0.846. The molecule has 110 valence electrons. The second-order valence-corrected chi connectivity index (χ2v) is 6.44. The minimum Gasteiger partial charge on any atom is -0.387 e. The molecule has 0 bridgehead atoms. The topological polar surface area (TPSA) is 61.4 Å². The largest absolute Gasteiger partial charge is 0.387 e. The van der Waals surface area contributed by atoms with Crippen LogP contribution in [0.15, 0.2) is 24.3 Å². The zero-order chi connectivity index (χ0) is 14.6. The van der Waals surface area contributed by atoms with Gasteiger partial charge in [-0.3, -0.25) is 4.79 Å². The molecule has 1 heterocycles. The predicted octanol–water partition coefficient (Wildman–Crippen LogP) is 1.82. The first-order valence-electron chi connectivity index (χ1n) is 6.82. The molecule has 4 nitrogen and oxygen atoms in total. The van der Waals surface area contributed by atoms with Gasteiger partial charge in [-0.15, -0.1) is 0 Å². The van der Waals surface area contributed by atoms with Gasteiger partial charge in [0, 0.05) is 36.9 Å². The van der Waals surface area contributed by atoms with Gasteiger partial charge in [0.1, 0.15) is 0 Å². The Morgan fingerprint density at radius 2 is 2.30 bits per heavy atom. The fraction of sp³-hybridized carbons (Fsp3) is 0.533. The lowest BCUT2D eigenvalue weighted by Crippen LogP contribution is -2.42. The fourth-order valence-electron chi connectivity index (χ4n) is 2.49. The molecule has 0 fully saturated rings. The highest BCUT2D eigenvalue weighted by Crippen LogP contribution is 2.32. The summed E-state index contributed by atoms with van der Waals surface area (Å²) >= 11 is 1.57. The summed E-state index contributed by atoms with van der Waals surface area (Å²) in [5.41, 5.74) is 1.49. The number of thioether (sulfide) groups is 1. The average Bonchev–Trinajstić information content (AvgIpc) is 2.80. The van der Waals surface area contributed by atoms with Crippen LogP contribution in [0.2, 0.25) is 0 Å². The molecule has 1 aromatic rings. The van der Waals surface area contributed by atoms with Crippen molar-refractivity contribution in [2.75, 3.05) is 30.4 Å². The van der Waals surface area contributed by atoms with Crippen molar-refractivity contribution in [1.82, 2.24) is 5.32 Å². The number of benzene rings is 1. The van der Waals surface area contributed by atoms with Gasteiger partial charge in [0.2, 0.25) is 5.91 Å². The molecule has 0 saturated heterocycles. The van der Waals surface area contributed by atoms with E-state index in [2.05, 4.69) is 16.7 Å². The van der Waals surface area contributed by atoms with Gasteiger partial charge in [0.15, 0.2) is 0 Å². The number of amides is 1. The van der Waals surface area contributed by atoms with E-state index in [4.69, 9.17) is 0 Å². The van der Waals surface area contributed by atoms with Gasteiger partial charge in [0.25, 0.3) is 0 Å². The second-order valence-electron chi connectivity index (χ2n) is 5.58. The molecule has 5 heteroatoms. The number of para-hydroxylation sites is 1. The van der Waals surface area contributed by atoms with E-state index >= 15 is 0 Å². The lowest BCUT2D eigenvalue weighted by atomic mass is 9.97. The molecule has 1 aliphatic rings. The van der Waals surface area contributed by atoms with E-state index in [1.54, 1.807) is 18.7 Å². The first kappa shape index (κ1) is 15.2. The monoisotopic (exact) mass is 294 g/mol. The maximum atomic E-state index is 12.0. The van der Waals surface area contributed by atoms with Crippen LogP contribution in [-0.2, 0) is 4.79 Å². The van der Waals surface area contributed by atoms with Gasteiger partial charge in [-0.2, -0.15) is 11.8 Å². The summed E-state index contributed by atoms with van der Waals surface area (Å²) in [6.07, 6.45) is 2.40. The lowest BCUT2D eigenvalue weighted by molar-refractivity contribution is -0.122. The maximum Gasteiger partial charge on any atom is 0.220 e. The summed E-state index contributed by atoms with van der Waals surface area (Å²) in [5, 5.41) is 16.2. The third-order valence-corrected chi connectivity index (χ3v) is 4.40. The Kier molecular flexibility index (Phi) is 4.94. The highest BCUT2D eigenvalue weighted by atomic mass is 32.2. The molecule has 3 N–H and O–H groups in total. The Bertz CT molecular complexity index is 477. The van der Waals surface area contributed by atoms with E-state index in [-0.39, 0.29) is 11.8 Å². The standard InChI is InChI=1S/C15H22N2O2S/c1-15(19,10-20-2)9-17-14(18)7-11-8-16-13-6-4-3-5-12(11)13/h3-6,11,16,19H,7-10H2,1-2H3,(H,17,18). The third kappa shape index (κ3) is 3.90. The molecule has 0 radical (unpaired) electrons. The van der Waals surface area contributed by atoms with Crippen LogP contribution < -0.4 is 10.6 Å². The predicted molar refractivity (Wildman–Crippen MR) is 84.3 cm³/mol. The average molecular weight is 294 g/mol. The van der Waals surface area contributed by atoms with Crippen molar-refractivity contribution in [3.8, 4) is 0 Å². The number of carbonyl (C=O) groups excluding carboxylic acids is 1. The van der Waals surface area contributed by atoms with Gasteiger partial charge in [-0.1, -0.05) is 18.2 Å². The van der Waals surface area contributed by atoms with Crippen LogP contribution in [0, 0.1) is 0 Å². The molecule has 1 amide bonds. The summed E-state index contributed by atoms with van der Waals surface area (Å²) < 4.78 is 0. The maximum absolute atomic E-state index is 12.0. The number of aliphatic hydroxyl groups is 1. The van der Waals surface area contributed by atoms with Crippen molar-refractivity contribution >= 4 is 23.4 Å². The van der Waals surface area contributed by atoms with E-state index < -0.39 is 5.60 Å². The van der Waals surface area contributed by atoms with Crippen LogP contribution in [0.5, 0.6) is 0 Å². The summed E-state index contributed by atoms with van der Waals surface area (Å²) in [6.45, 7) is 2.85. The highest BCUT2D eigenvalue weighted by Gasteiger charge is 2.25. The van der Waals surface area contributed by atoms with E-state index in [0.717, 1.165) is 12.2 Å². The molecule has 2 atom stereocenters. The van der Waals surface area contributed by atoms with Crippen molar-refractivity contribution in [2.45, 2.75) is 24.9 Å². The molecular weight excluding hydrogens is 272 g/mol. The molecule has 0 aromatic heterocycles. The molecule has 0 spiro atoms. The van der Waals surface area contributed by atoms with Crippen LogP contribution >= 0.6 is 11.8 Å². The Hall–Kier alpha value is -1.20. The number of nitrogens with one attached hydrogen (secondary N) is 2. The third-order valence-electron chi connectivity index (χ3n) is 3.49. The Balaban J connectivity index is 1.84. The summed E-state index contributed by atoms with van der Waals surface area (Å²) in [6, 6.07) is 8.10. The number of fused-ring (bicyclic) bond motifs is 1. The van der Waals surface area contributed by atoms with Crippen LogP contribution in [0.25, 0.3) is 0 Å². The van der Waals surface area contributed by atoms with Gasteiger partial charge in [0.05, 0.1) is 5.60 Å². The summed E-state index contributed by atoms with van der Waals surface area (Å²) in [7, 11) is 0. The van der Waals surface area contributed by atoms with Crippen molar-refractivity contribution in [2.24, 2.45) is 0 Å². The molecule has 20 heavy (non-hydrogen) atoms. The molecule has 0 saturated carbocycles. The summed E-state index contributed by atoms with van der Waals surface area (Å²) in [4.78, 5) is 12.0. The number of anilines is 1. The number of hydrogen-bond acceptors (Lipinski definition) is 4. The lowest BCUT2D eigenvalue weighted by Gasteiger charge is -2.23. The van der Waals surface area contributed by atoms with Crippen LogP contribution in [0.3, 0.4) is 0 Å². The molecule has 0 aliphatic carbocycles. The number of carbonyl (C=O) groups is 1. The van der Waals surface area contributed by atoms with E-state index in [1.807, 2.05) is 24.5 Å².